The number of carbonyl (C=O) groups is 1. The van der Waals surface area contributed by atoms with E-state index in [-0.39, 0.29) is 12.5 Å². The van der Waals surface area contributed by atoms with Crippen molar-refractivity contribution < 1.29 is 4.79 Å². The number of anilines is 1. The minimum absolute atomic E-state index is 0.113. The molecule has 0 spiro atoms. The molecule has 6 nitrogen and oxygen atoms in total. The van der Waals surface area contributed by atoms with Crippen LogP contribution in [0.25, 0.3) is 0 Å². The lowest BCUT2D eigenvalue weighted by atomic mass is 10.4. The van der Waals surface area contributed by atoms with Crippen molar-refractivity contribution in [2.24, 2.45) is 0 Å². The van der Waals surface area contributed by atoms with Gasteiger partial charge in [-0.15, -0.1) is 0 Å². The van der Waals surface area contributed by atoms with Crippen LogP contribution in [0.2, 0.25) is 0 Å². The molecule has 102 valence electrons. The van der Waals surface area contributed by atoms with E-state index in [0.717, 1.165) is 28.1 Å². The standard InChI is InChI=1S/C12H16BrN5O/c1-4-17-9(3)11(6-15-17)16-12(19)7-18-8(2)10(13)5-14-18/h5-6H,4,7H2,1-3H3,(H,16,19). The second-order valence-electron chi connectivity index (χ2n) is 4.24. The number of aryl methyl sites for hydroxylation is 1. The van der Waals surface area contributed by atoms with Crippen molar-refractivity contribution in [1.29, 1.82) is 0 Å². The van der Waals surface area contributed by atoms with Crippen molar-refractivity contribution in [1.82, 2.24) is 19.6 Å². The van der Waals surface area contributed by atoms with E-state index < -0.39 is 0 Å². The normalized spacial score (nSPS) is 10.7. The summed E-state index contributed by atoms with van der Waals surface area (Å²) in [5.41, 5.74) is 2.63. The Bertz CT molecular complexity index is 601. The fraction of sp³-hybridized carbons (Fsp3) is 0.417. The van der Waals surface area contributed by atoms with Crippen LogP contribution in [-0.2, 0) is 17.9 Å². The third-order valence-electron chi connectivity index (χ3n) is 3.01. The molecule has 0 aromatic carbocycles. The van der Waals surface area contributed by atoms with Crippen molar-refractivity contribution in [3.8, 4) is 0 Å². The number of rotatable bonds is 4. The van der Waals surface area contributed by atoms with Gasteiger partial charge in [-0.3, -0.25) is 14.2 Å². The van der Waals surface area contributed by atoms with Crippen molar-refractivity contribution in [3.63, 3.8) is 0 Å². The van der Waals surface area contributed by atoms with E-state index in [9.17, 15) is 4.79 Å². The Balaban J connectivity index is 2.05. The molecule has 7 heteroatoms. The molecular weight excluding hydrogens is 310 g/mol. The first-order valence-corrected chi connectivity index (χ1v) is 6.82. The summed E-state index contributed by atoms with van der Waals surface area (Å²) in [7, 11) is 0. The van der Waals surface area contributed by atoms with E-state index in [1.54, 1.807) is 17.1 Å². The summed E-state index contributed by atoms with van der Waals surface area (Å²) in [5, 5.41) is 11.2. The number of amides is 1. The Kier molecular flexibility index (Phi) is 4.04. The number of hydrogen-bond acceptors (Lipinski definition) is 3. The SMILES string of the molecule is CCn1ncc(NC(=O)Cn2ncc(Br)c2C)c1C. The maximum atomic E-state index is 12.0. The molecule has 2 rings (SSSR count). The third-order valence-corrected chi connectivity index (χ3v) is 3.79. The lowest BCUT2D eigenvalue weighted by Gasteiger charge is -2.06. The average molecular weight is 326 g/mol. The van der Waals surface area contributed by atoms with Crippen molar-refractivity contribution in [2.45, 2.75) is 33.9 Å². The molecule has 0 bridgehead atoms. The van der Waals surface area contributed by atoms with Gasteiger partial charge in [0.05, 0.1) is 33.9 Å². The highest BCUT2D eigenvalue weighted by molar-refractivity contribution is 9.10. The second-order valence-corrected chi connectivity index (χ2v) is 5.10. The lowest BCUT2D eigenvalue weighted by molar-refractivity contribution is -0.116. The minimum atomic E-state index is -0.113. The lowest BCUT2D eigenvalue weighted by Crippen LogP contribution is -2.20. The number of nitrogens with zero attached hydrogens (tertiary/aromatic N) is 4. The Labute approximate surface area is 119 Å². The van der Waals surface area contributed by atoms with Gasteiger partial charge >= 0.3 is 0 Å². The molecule has 0 saturated carbocycles. The second kappa shape index (κ2) is 5.56. The molecule has 1 N–H and O–H groups in total. The predicted octanol–water partition coefficient (Wildman–Crippen LogP) is 2.12. The summed E-state index contributed by atoms with van der Waals surface area (Å²) in [6.07, 6.45) is 3.35. The molecular formula is C12H16BrN5O. The zero-order chi connectivity index (χ0) is 14.0. The monoisotopic (exact) mass is 325 g/mol. The molecule has 0 fully saturated rings. The fourth-order valence-corrected chi connectivity index (χ4v) is 2.09. The summed E-state index contributed by atoms with van der Waals surface area (Å²) < 4.78 is 4.39. The summed E-state index contributed by atoms with van der Waals surface area (Å²) >= 11 is 3.37. The summed E-state index contributed by atoms with van der Waals surface area (Å²) in [5.74, 6) is -0.113. The molecule has 2 aromatic rings. The number of nitrogens with one attached hydrogen (secondary N) is 1. The molecule has 0 unspecified atom stereocenters. The Hall–Kier alpha value is -1.63. The Morgan fingerprint density at radius 1 is 1.26 bits per heavy atom. The average Bonchev–Trinajstić information content (AvgIpc) is 2.88. The summed E-state index contributed by atoms with van der Waals surface area (Å²) in [6.45, 7) is 6.82. The molecule has 0 aliphatic rings. The molecule has 0 aliphatic heterocycles. The van der Waals surface area contributed by atoms with Gasteiger partial charge in [0.15, 0.2) is 0 Å². The predicted molar refractivity (Wildman–Crippen MR) is 75.9 cm³/mol. The number of hydrogen-bond donors (Lipinski definition) is 1. The van der Waals surface area contributed by atoms with Gasteiger partial charge in [-0.25, -0.2) is 0 Å². The van der Waals surface area contributed by atoms with E-state index in [1.807, 2.05) is 25.5 Å². The zero-order valence-electron chi connectivity index (χ0n) is 11.1. The van der Waals surface area contributed by atoms with Gasteiger partial charge in [-0.2, -0.15) is 10.2 Å². The highest BCUT2D eigenvalue weighted by Crippen LogP contribution is 2.15. The first-order valence-electron chi connectivity index (χ1n) is 6.03. The molecule has 0 aliphatic carbocycles. The Morgan fingerprint density at radius 3 is 2.47 bits per heavy atom. The molecule has 19 heavy (non-hydrogen) atoms. The first kappa shape index (κ1) is 13.8. The van der Waals surface area contributed by atoms with Crippen LogP contribution in [0.1, 0.15) is 18.3 Å². The van der Waals surface area contributed by atoms with E-state index >= 15 is 0 Å². The zero-order valence-corrected chi connectivity index (χ0v) is 12.7. The summed E-state index contributed by atoms with van der Waals surface area (Å²) in [6, 6.07) is 0. The van der Waals surface area contributed by atoms with Crippen molar-refractivity contribution in [2.75, 3.05) is 5.32 Å². The van der Waals surface area contributed by atoms with Gasteiger partial charge < -0.3 is 5.32 Å². The van der Waals surface area contributed by atoms with Crippen LogP contribution in [0.5, 0.6) is 0 Å². The van der Waals surface area contributed by atoms with Gasteiger partial charge in [0.25, 0.3) is 0 Å². The molecule has 0 atom stereocenters. The van der Waals surface area contributed by atoms with Gasteiger partial charge in [-0.05, 0) is 36.7 Å². The van der Waals surface area contributed by atoms with Crippen LogP contribution in [0.15, 0.2) is 16.9 Å². The van der Waals surface area contributed by atoms with Crippen molar-refractivity contribution >= 4 is 27.5 Å². The maximum absolute atomic E-state index is 12.0. The van der Waals surface area contributed by atoms with Crippen LogP contribution in [0.4, 0.5) is 5.69 Å². The van der Waals surface area contributed by atoms with Gasteiger partial charge in [0.2, 0.25) is 5.91 Å². The maximum Gasteiger partial charge on any atom is 0.246 e. The van der Waals surface area contributed by atoms with Gasteiger partial charge in [-0.1, -0.05) is 0 Å². The van der Waals surface area contributed by atoms with Crippen LogP contribution < -0.4 is 5.32 Å². The number of halogens is 1. The van der Waals surface area contributed by atoms with Crippen LogP contribution in [-0.4, -0.2) is 25.5 Å². The molecule has 1 amide bonds. The van der Waals surface area contributed by atoms with Crippen LogP contribution in [0.3, 0.4) is 0 Å². The largest absolute Gasteiger partial charge is 0.322 e. The molecule has 0 saturated heterocycles. The highest BCUT2D eigenvalue weighted by Gasteiger charge is 2.11. The van der Waals surface area contributed by atoms with Crippen LogP contribution in [0, 0.1) is 13.8 Å². The van der Waals surface area contributed by atoms with Gasteiger partial charge in [0, 0.05) is 6.54 Å². The Morgan fingerprint density at radius 2 is 1.95 bits per heavy atom. The molecule has 0 radical (unpaired) electrons. The van der Waals surface area contributed by atoms with Crippen LogP contribution >= 0.6 is 15.9 Å². The molecule has 2 aromatic heterocycles. The smallest absolute Gasteiger partial charge is 0.246 e. The number of aromatic nitrogens is 4. The topological polar surface area (TPSA) is 64.7 Å². The minimum Gasteiger partial charge on any atom is -0.322 e. The van der Waals surface area contributed by atoms with E-state index in [2.05, 4.69) is 31.4 Å². The van der Waals surface area contributed by atoms with E-state index in [1.165, 1.54) is 0 Å². The molecule has 2 heterocycles. The van der Waals surface area contributed by atoms with E-state index in [0.29, 0.717) is 0 Å². The quantitative estimate of drug-likeness (QED) is 0.936. The van der Waals surface area contributed by atoms with Gasteiger partial charge in [0.1, 0.15) is 6.54 Å². The first-order chi connectivity index (χ1) is 9.02. The summed E-state index contributed by atoms with van der Waals surface area (Å²) in [4.78, 5) is 12.0. The fourth-order valence-electron chi connectivity index (χ4n) is 1.80. The third kappa shape index (κ3) is 2.86. The highest BCUT2D eigenvalue weighted by atomic mass is 79.9. The number of carbonyl (C=O) groups excluding carboxylic acids is 1. The van der Waals surface area contributed by atoms with E-state index in [4.69, 9.17) is 0 Å². The van der Waals surface area contributed by atoms with Crippen molar-refractivity contribution in [3.05, 3.63) is 28.3 Å².